The smallest absolute Gasteiger partial charge is 0.360 e. The second-order valence-corrected chi connectivity index (χ2v) is 8.17. The number of benzene rings is 1. The van der Waals surface area contributed by atoms with E-state index < -0.39 is 25.6 Å². The molecule has 0 amide bonds. The second-order valence-electron chi connectivity index (χ2n) is 6.07. The Hall–Kier alpha value is -2.55. The quantitative estimate of drug-likeness (QED) is 0.363. The highest BCUT2D eigenvalue weighted by Crippen LogP contribution is 2.49. The minimum Gasteiger partial charge on any atom is -0.461 e. The molecule has 0 aliphatic carbocycles. The first-order chi connectivity index (χ1) is 14.4. The number of carbonyl (C=O) groups is 2. The summed E-state index contributed by atoms with van der Waals surface area (Å²) in [6.45, 7) is 5.61. The summed E-state index contributed by atoms with van der Waals surface area (Å²) in [4.78, 5) is 24.3. The number of nitrogens with zero attached hydrogens (tertiary/aromatic N) is 3. The summed E-state index contributed by atoms with van der Waals surface area (Å²) in [6.07, 6.45) is 0.286. The van der Waals surface area contributed by atoms with Crippen LogP contribution in [0, 0.1) is 0 Å². The van der Waals surface area contributed by atoms with Crippen LogP contribution in [0.1, 0.15) is 41.6 Å². The second kappa shape index (κ2) is 11.6. The Morgan fingerprint density at radius 3 is 2.30 bits per heavy atom. The lowest BCUT2D eigenvalue weighted by Gasteiger charge is -2.23. The van der Waals surface area contributed by atoms with Crippen molar-refractivity contribution < 1.29 is 32.7 Å². The summed E-state index contributed by atoms with van der Waals surface area (Å²) >= 11 is 0. The predicted octanol–water partition coefficient (Wildman–Crippen LogP) is 2.95. The van der Waals surface area contributed by atoms with Gasteiger partial charge < -0.3 is 18.5 Å². The molecule has 11 heteroatoms. The molecule has 1 unspecified atom stereocenters. The molecule has 1 heterocycles. The van der Waals surface area contributed by atoms with E-state index in [-0.39, 0.29) is 38.2 Å². The van der Waals surface area contributed by atoms with E-state index in [1.807, 2.05) is 0 Å². The average Bonchev–Trinajstić information content (AvgIpc) is 3.17. The minimum atomic E-state index is -3.51. The number of ether oxygens (including phenoxy) is 2. The molecule has 10 nitrogen and oxygen atoms in total. The summed E-state index contributed by atoms with van der Waals surface area (Å²) in [5.74, 6) is -1.21. The van der Waals surface area contributed by atoms with E-state index in [1.165, 1.54) is 10.9 Å². The number of carbonyl (C=O) groups excluding carboxylic acids is 2. The van der Waals surface area contributed by atoms with Gasteiger partial charge in [0.05, 0.1) is 44.3 Å². The molecule has 1 aromatic carbocycles. The van der Waals surface area contributed by atoms with Crippen LogP contribution in [0.15, 0.2) is 36.5 Å². The monoisotopic (exact) mass is 439 g/mol. The van der Waals surface area contributed by atoms with E-state index in [1.54, 1.807) is 51.1 Å². The van der Waals surface area contributed by atoms with Crippen molar-refractivity contribution in [2.75, 3.05) is 26.0 Å². The highest BCUT2D eigenvalue weighted by Gasteiger charge is 2.32. The summed E-state index contributed by atoms with van der Waals surface area (Å²) in [5, 5.41) is 7.63. The van der Waals surface area contributed by atoms with Gasteiger partial charge in [-0.3, -0.25) is 4.57 Å². The van der Waals surface area contributed by atoms with Gasteiger partial charge in [-0.15, -0.1) is 5.10 Å². The summed E-state index contributed by atoms with van der Waals surface area (Å²) < 4.78 is 35.4. The van der Waals surface area contributed by atoms with Gasteiger partial charge in [0.15, 0.2) is 5.69 Å². The zero-order chi connectivity index (χ0) is 22.0. The number of esters is 2. The molecule has 1 aromatic heterocycles. The van der Waals surface area contributed by atoms with E-state index in [2.05, 4.69) is 10.3 Å². The molecule has 0 saturated heterocycles. The number of aromatic nitrogens is 3. The Kier molecular flexibility index (Phi) is 9.16. The van der Waals surface area contributed by atoms with Crippen LogP contribution in [0.5, 0.6) is 0 Å². The third-order valence-electron chi connectivity index (χ3n) is 3.78. The van der Waals surface area contributed by atoms with Gasteiger partial charge in [0.1, 0.15) is 6.10 Å². The molecular weight excluding hydrogens is 413 g/mol. The highest BCUT2D eigenvalue weighted by molar-refractivity contribution is 7.53. The van der Waals surface area contributed by atoms with Gasteiger partial charge in [-0.25, -0.2) is 14.3 Å². The molecule has 0 fully saturated rings. The molecule has 0 radical (unpaired) electrons. The molecule has 0 saturated carbocycles. The number of rotatable bonds is 12. The maximum atomic E-state index is 13.0. The Balaban J connectivity index is 2.20. The predicted molar refractivity (Wildman–Crippen MR) is 107 cm³/mol. The molecule has 2 aromatic rings. The fraction of sp³-hybridized carbons (Fsp3) is 0.474. The van der Waals surface area contributed by atoms with Crippen LogP contribution in [-0.2, 0) is 29.6 Å². The molecule has 30 heavy (non-hydrogen) atoms. The van der Waals surface area contributed by atoms with Gasteiger partial charge in [0.2, 0.25) is 0 Å². The Bertz CT molecular complexity index is 862. The third-order valence-corrected chi connectivity index (χ3v) is 5.93. The Labute approximate surface area is 175 Å². The van der Waals surface area contributed by atoms with E-state index in [0.29, 0.717) is 5.56 Å². The lowest BCUT2D eigenvalue weighted by molar-refractivity contribution is 0.0288. The topological polar surface area (TPSA) is 119 Å². The molecule has 0 N–H and O–H groups in total. The zero-order valence-corrected chi connectivity index (χ0v) is 18.1. The van der Waals surface area contributed by atoms with Crippen LogP contribution in [0.4, 0.5) is 0 Å². The standard InChI is InChI=1S/C19H26N3O7P/c1-4-26-19(24)17-13-22(21-20-17)12-16(14-30(25,27-5-2)28-6-3)29-18(23)15-10-8-7-9-11-15/h7-11,13,16H,4-6,12,14H2,1-3H3. The molecular formula is C19H26N3O7P. The van der Waals surface area contributed by atoms with Crippen LogP contribution < -0.4 is 0 Å². The lowest BCUT2D eigenvalue weighted by atomic mass is 10.2. The largest absolute Gasteiger partial charge is 0.461 e. The molecule has 1 atom stereocenters. The van der Waals surface area contributed by atoms with Crippen LogP contribution in [0.3, 0.4) is 0 Å². The first kappa shape index (κ1) is 23.7. The lowest BCUT2D eigenvalue weighted by Crippen LogP contribution is -2.28. The summed E-state index contributed by atoms with van der Waals surface area (Å²) in [6, 6.07) is 8.41. The van der Waals surface area contributed by atoms with Crippen LogP contribution in [-0.4, -0.2) is 59.0 Å². The average molecular weight is 439 g/mol. The van der Waals surface area contributed by atoms with Crippen molar-refractivity contribution in [1.29, 1.82) is 0 Å². The fourth-order valence-corrected chi connectivity index (χ4v) is 4.37. The van der Waals surface area contributed by atoms with Gasteiger partial charge in [-0.2, -0.15) is 0 Å². The molecule has 0 aliphatic rings. The van der Waals surface area contributed by atoms with E-state index >= 15 is 0 Å². The van der Waals surface area contributed by atoms with Gasteiger partial charge in [-0.1, -0.05) is 23.4 Å². The molecule has 164 valence electrons. The maximum Gasteiger partial charge on any atom is 0.360 e. The SMILES string of the molecule is CCOC(=O)c1cn(CC(CP(=O)(OCC)OCC)OC(=O)c2ccccc2)nn1. The van der Waals surface area contributed by atoms with Crippen LogP contribution >= 0.6 is 7.60 Å². The molecule has 0 bridgehead atoms. The Morgan fingerprint density at radius 1 is 1.03 bits per heavy atom. The third kappa shape index (κ3) is 7.05. The van der Waals surface area contributed by atoms with Crippen molar-refractivity contribution in [3.05, 3.63) is 47.8 Å². The molecule has 2 rings (SSSR count). The van der Waals surface area contributed by atoms with E-state index in [4.69, 9.17) is 18.5 Å². The van der Waals surface area contributed by atoms with Gasteiger partial charge in [0.25, 0.3) is 0 Å². The number of hydrogen-bond donors (Lipinski definition) is 0. The summed E-state index contributed by atoms with van der Waals surface area (Å²) in [5.41, 5.74) is 0.360. The fourth-order valence-electron chi connectivity index (χ4n) is 2.61. The summed E-state index contributed by atoms with van der Waals surface area (Å²) in [7, 11) is -3.51. The van der Waals surface area contributed by atoms with Crippen LogP contribution in [0.2, 0.25) is 0 Å². The van der Waals surface area contributed by atoms with Crippen molar-refractivity contribution in [2.45, 2.75) is 33.4 Å². The van der Waals surface area contributed by atoms with Gasteiger partial charge in [-0.05, 0) is 32.9 Å². The van der Waals surface area contributed by atoms with Gasteiger partial charge in [0, 0.05) is 0 Å². The Morgan fingerprint density at radius 2 is 1.70 bits per heavy atom. The van der Waals surface area contributed by atoms with Crippen LogP contribution in [0.25, 0.3) is 0 Å². The first-order valence-corrected chi connectivity index (χ1v) is 11.3. The maximum absolute atomic E-state index is 13.0. The van der Waals surface area contributed by atoms with Crippen molar-refractivity contribution in [2.24, 2.45) is 0 Å². The molecule has 0 spiro atoms. The van der Waals surface area contributed by atoms with Crippen molar-refractivity contribution in [1.82, 2.24) is 15.0 Å². The van der Waals surface area contributed by atoms with Crippen molar-refractivity contribution >= 4 is 19.5 Å². The zero-order valence-electron chi connectivity index (χ0n) is 17.2. The first-order valence-electron chi connectivity index (χ1n) is 9.62. The van der Waals surface area contributed by atoms with Gasteiger partial charge >= 0.3 is 19.5 Å². The van der Waals surface area contributed by atoms with E-state index in [9.17, 15) is 14.2 Å². The minimum absolute atomic E-state index is 0.00484. The normalized spacial score (nSPS) is 12.4. The van der Waals surface area contributed by atoms with Crippen molar-refractivity contribution in [3.8, 4) is 0 Å². The van der Waals surface area contributed by atoms with Crippen molar-refractivity contribution in [3.63, 3.8) is 0 Å². The van der Waals surface area contributed by atoms with E-state index in [0.717, 1.165) is 0 Å². The molecule has 0 aliphatic heterocycles. The highest BCUT2D eigenvalue weighted by atomic mass is 31.2. The number of hydrogen-bond acceptors (Lipinski definition) is 9.